The third kappa shape index (κ3) is 3.52. The summed E-state index contributed by atoms with van der Waals surface area (Å²) < 4.78 is 25.0. The van der Waals surface area contributed by atoms with Gasteiger partial charge in [0.2, 0.25) is 0 Å². The fourth-order valence-electron chi connectivity index (χ4n) is 4.78. The fourth-order valence-corrected chi connectivity index (χ4v) is 5.21. The minimum absolute atomic E-state index is 0.144. The first-order valence-corrected chi connectivity index (χ1v) is 11.1. The van der Waals surface area contributed by atoms with E-state index in [9.17, 15) is 14.0 Å². The Morgan fingerprint density at radius 2 is 1.75 bits per heavy atom. The molecule has 2 amide bonds. The molecule has 4 atom stereocenters. The van der Waals surface area contributed by atoms with Crippen LogP contribution in [0, 0.1) is 29.5 Å². The van der Waals surface area contributed by atoms with Crippen LogP contribution in [0.15, 0.2) is 58.1 Å². The molecular formula is C24H20BrFN2O4. The summed E-state index contributed by atoms with van der Waals surface area (Å²) >= 11 is 3.49. The highest BCUT2D eigenvalue weighted by atomic mass is 79.9. The van der Waals surface area contributed by atoms with Crippen molar-refractivity contribution in [2.24, 2.45) is 28.8 Å². The number of methoxy groups -OCH3 is 1. The Labute approximate surface area is 192 Å². The van der Waals surface area contributed by atoms with Crippen molar-refractivity contribution in [1.82, 2.24) is 5.01 Å². The number of halogens is 2. The van der Waals surface area contributed by atoms with Crippen LogP contribution in [0.25, 0.3) is 0 Å². The zero-order chi connectivity index (χ0) is 22.4. The van der Waals surface area contributed by atoms with E-state index in [2.05, 4.69) is 33.2 Å². The molecule has 1 aliphatic heterocycles. The number of fused-ring (bicyclic) bond motifs is 5. The molecule has 2 aromatic carbocycles. The lowest BCUT2D eigenvalue weighted by Gasteiger charge is -2.14. The Bertz CT molecular complexity index is 1120. The second-order valence-corrected chi connectivity index (χ2v) is 9.03. The van der Waals surface area contributed by atoms with E-state index in [1.54, 1.807) is 24.3 Å². The maximum Gasteiger partial charge on any atom is 0.254 e. The molecule has 0 spiro atoms. The average Bonchev–Trinajstić information content (AvgIpc) is 3.47. The molecule has 0 radical (unpaired) electrons. The lowest BCUT2D eigenvalue weighted by Crippen LogP contribution is -2.28. The summed E-state index contributed by atoms with van der Waals surface area (Å²) in [5.74, 6) is -0.0748. The molecule has 5 rings (SSSR count). The summed E-state index contributed by atoms with van der Waals surface area (Å²) in [7, 11) is 1.52. The van der Waals surface area contributed by atoms with Crippen molar-refractivity contribution < 1.29 is 23.5 Å². The quantitative estimate of drug-likeness (QED) is 0.338. The zero-order valence-corrected chi connectivity index (χ0v) is 18.8. The molecule has 32 heavy (non-hydrogen) atoms. The monoisotopic (exact) mass is 498 g/mol. The van der Waals surface area contributed by atoms with Gasteiger partial charge in [-0.05, 0) is 64.0 Å². The number of ether oxygens (including phenoxy) is 2. The molecule has 2 aromatic rings. The van der Waals surface area contributed by atoms with E-state index in [-0.39, 0.29) is 47.9 Å². The molecule has 2 fully saturated rings. The molecule has 6 nitrogen and oxygen atoms in total. The largest absolute Gasteiger partial charge is 0.493 e. The van der Waals surface area contributed by atoms with Crippen LogP contribution in [-0.2, 0) is 16.2 Å². The number of carbonyl (C=O) groups excluding carboxylic acids is 2. The number of allylic oxidation sites excluding steroid dienone is 2. The molecule has 0 aromatic heterocycles. The molecule has 0 unspecified atom stereocenters. The van der Waals surface area contributed by atoms with E-state index in [4.69, 9.17) is 9.47 Å². The Balaban J connectivity index is 1.33. The minimum atomic E-state index is -0.305. The van der Waals surface area contributed by atoms with Gasteiger partial charge in [-0.3, -0.25) is 9.59 Å². The molecule has 2 aliphatic carbocycles. The van der Waals surface area contributed by atoms with Gasteiger partial charge in [0.1, 0.15) is 12.4 Å². The SMILES string of the molecule is COc1cc(C=NN2C(=O)[C@@H]3[C@H](C2=O)[C@H]2C=C[C@H]3C2)c(Br)cc1OCc1ccc(F)cc1. The van der Waals surface area contributed by atoms with Crippen molar-refractivity contribution in [3.05, 3.63) is 70.0 Å². The fraction of sp³-hybridized carbons (Fsp3) is 0.292. The summed E-state index contributed by atoms with van der Waals surface area (Å²) in [6.45, 7) is 0.243. The van der Waals surface area contributed by atoms with Gasteiger partial charge in [0.15, 0.2) is 11.5 Å². The Morgan fingerprint density at radius 3 is 2.38 bits per heavy atom. The first-order chi connectivity index (χ1) is 15.5. The van der Waals surface area contributed by atoms with Crippen molar-refractivity contribution in [3.8, 4) is 11.5 Å². The first kappa shape index (κ1) is 20.9. The van der Waals surface area contributed by atoms with E-state index >= 15 is 0 Å². The highest BCUT2D eigenvalue weighted by Gasteiger charge is 2.59. The van der Waals surface area contributed by atoms with Gasteiger partial charge in [0.05, 0.1) is 25.2 Å². The highest BCUT2D eigenvalue weighted by molar-refractivity contribution is 9.10. The standard InChI is InChI=1S/C24H20BrFN2O4/c1-31-19-9-16(18(25)10-20(19)32-12-13-2-6-17(26)7-3-13)11-27-28-23(29)21-14-4-5-15(8-14)22(21)24(28)30/h2-7,9-11,14-15,21-22H,8,12H2,1H3/t14-,15-,21-,22+/m0/s1. The maximum absolute atomic E-state index is 13.1. The third-order valence-electron chi connectivity index (χ3n) is 6.35. The lowest BCUT2D eigenvalue weighted by molar-refractivity contribution is -0.140. The number of hydrazone groups is 1. The predicted octanol–water partition coefficient (Wildman–Crippen LogP) is 4.32. The van der Waals surface area contributed by atoms with Gasteiger partial charge in [0.25, 0.3) is 11.8 Å². The van der Waals surface area contributed by atoms with Gasteiger partial charge >= 0.3 is 0 Å². The molecule has 3 aliphatic rings. The van der Waals surface area contributed by atoms with Crippen molar-refractivity contribution in [1.29, 1.82) is 0 Å². The van der Waals surface area contributed by atoms with E-state index < -0.39 is 0 Å². The van der Waals surface area contributed by atoms with E-state index in [0.717, 1.165) is 17.0 Å². The van der Waals surface area contributed by atoms with E-state index in [0.29, 0.717) is 21.5 Å². The molecule has 8 heteroatoms. The van der Waals surface area contributed by atoms with Crippen molar-refractivity contribution in [3.63, 3.8) is 0 Å². The molecular weight excluding hydrogens is 479 g/mol. The van der Waals surface area contributed by atoms with Crippen molar-refractivity contribution in [2.45, 2.75) is 13.0 Å². The predicted molar refractivity (Wildman–Crippen MR) is 119 cm³/mol. The topological polar surface area (TPSA) is 68.2 Å². The molecule has 1 heterocycles. The van der Waals surface area contributed by atoms with E-state index in [1.165, 1.54) is 25.5 Å². The second-order valence-electron chi connectivity index (χ2n) is 8.17. The summed E-state index contributed by atoms with van der Waals surface area (Å²) in [5.41, 5.74) is 1.45. The Hall–Kier alpha value is -3.00. The lowest BCUT2D eigenvalue weighted by atomic mass is 9.85. The number of nitrogens with zero attached hydrogens (tertiary/aromatic N) is 2. The second kappa shape index (κ2) is 8.16. The number of hydrogen-bond donors (Lipinski definition) is 0. The number of hydrogen-bond acceptors (Lipinski definition) is 5. The summed E-state index contributed by atoms with van der Waals surface area (Å²) in [5, 5.41) is 5.24. The van der Waals surface area contributed by atoms with Gasteiger partial charge in [-0.1, -0.05) is 24.3 Å². The molecule has 0 N–H and O–H groups in total. The van der Waals surface area contributed by atoms with Crippen LogP contribution in [0.5, 0.6) is 11.5 Å². The van der Waals surface area contributed by atoms with Crippen LogP contribution in [-0.4, -0.2) is 30.1 Å². The third-order valence-corrected chi connectivity index (χ3v) is 7.04. The van der Waals surface area contributed by atoms with Gasteiger partial charge in [0, 0.05) is 10.0 Å². The number of benzene rings is 2. The summed E-state index contributed by atoms with van der Waals surface area (Å²) in [4.78, 5) is 25.6. The summed E-state index contributed by atoms with van der Waals surface area (Å²) in [6, 6.07) is 9.50. The Morgan fingerprint density at radius 1 is 1.09 bits per heavy atom. The van der Waals surface area contributed by atoms with E-state index in [1.807, 2.05) is 0 Å². The molecule has 1 saturated heterocycles. The molecule has 1 saturated carbocycles. The highest BCUT2D eigenvalue weighted by Crippen LogP contribution is 2.52. The summed E-state index contributed by atoms with van der Waals surface area (Å²) in [6.07, 6.45) is 6.46. The smallest absolute Gasteiger partial charge is 0.254 e. The van der Waals surface area contributed by atoms with Crippen LogP contribution < -0.4 is 9.47 Å². The number of rotatable bonds is 6. The van der Waals surface area contributed by atoms with Crippen molar-refractivity contribution in [2.75, 3.05) is 7.11 Å². The zero-order valence-electron chi connectivity index (χ0n) is 17.2. The van der Waals surface area contributed by atoms with Gasteiger partial charge in [-0.25, -0.2) is 4.39 Å². The average molecular weight is 499 g/mol. The molecule has 164 valence electrons. The van der Waals surface area contributed by atoms with Gasteiger partial charge < -0.3 is 9.47 Å². The molecule has 2 bridgehead atoms. The maximum atomic E-state index is 13.1. The number of amides is 2. The van der Waals surface area contributed by atoms with Crippen LogP contribution in [0.1, 0.15) is 17.5 Å². The van der Waals surface area contributed by atoms with Crippen LogP contribution in [0.4, 0.5) is 4.39 Å². The van der Waals surface area contributed by atoms with Crippen LogP contribution >= 0.6 is 15.9 Å². The van der Waals surface area contributed by atoms with Crippen LogP contribution in [0.2, 0.25) is 0 Å². The normalized spacial score (nSPS) is 25.8. The number of imide groups is 1. The van der Waals surface area contributed by atoms with Crippen molar-refractivity contribution >= 4 is 34.0 Å². The van der Waals surface area contributed by atoms with Gasteiger partial charge in [-0.2, -0.15) is 10.1 Å². The van der Waals surface area contributed by atoms with Gasteiger partial charge in [-0.15, -0.1) is 0 Å². The van der Waals surface area contributed by atoms with Crippen LogP contribution in [0.3, 0.4) is 0 Å². The Kier molecular flexibility index (Phi) is 5.33. The minimum Gasteiger partial charge on any atom is -0.493 e. The first-order valence-electron chi connectivity index (χ1n) is 10.3. The number of carbonyl (C=O) groups is 2.